The number of nitrogens with one attached hydrogen (secondary N) is 1. The van der Waals surface area contributed by atoms with Gasteiger partial charge in [-0.1, -0.05) is 36.8 Å². The van der Waals surface area contributed by atoms with Crippen molar-refractivity contribution in [3.63, 3.8) is 0 Å². The summed E-state index contributed by atoms with van der Waals surface area (Å²) in [6.07, 6.45) is 0.795. The Bertz CT molecular complexity index is 1070. The van der Waals surface area contributed by atoms with Gasteiger partial charge in [-0.3, -0.25) is 4.79 Å². The predicted molar refractivity (Wildman–Crippen MR) is 120 cm³/mol. The fraction of sp³-hybridized carbons (Fsp3) is 0.280. The van der Waals surface area contributed by atoms with Crippen LogP contribution in [0.2, 0.25) is 0 Å². The molecular formula is C25H28N2O3. The number of rotatable bonds is 6. The van der Waals surface area contributed by atoms with E-state index in [4.69, 9.17) is 4.74 Å². The number of hydrogen-bond acceptors (Lipinski definition) is 3. The number of aromatic nitrogens is 1. The maximum absolute atomic E-state index is 13.4. The van der Waals surface area contributed by atoms with Gasteiger partial charge in [0.2, 0.25) is 5.69 Å². The molecule has 1 N–H and O–H groups in total. The van der Waals surface area contributed by atoms with E-state index < -0.39 is 0 Å². The number of hydrogen-bond donors (Lipinski definition) is 1. The van der Waals surface area contributed by atoms with Crippen LogP contribution in [0, 0.1) is 32.9 Å². The molecule has 5 nitrogen and oxygen atoms in total. The Hall–Kier alpha value is -3.34. The van der Waals surface area contributed by atoms with Crippen molar-refractivity contribution >= 4 is 11.6 Å². The number of carbonyl (C=O) groups is 1. The summed E-state index contributed by atoms with van der Waals surface area (Å²) in [5.74, 6) is 0.0507. The molecule has 1 heterocycles. The fourth-order valence-electron chi connectivity index (χ4n) is 3.30. The Morgan fingerprint density at radius 1 is 1.07 bits per heavy atom. The van der Waals surface area contributed by atoms with Gasteiger partial charge in [-0.25, -0.2) is 0 Å². The normalized spacial score (nSPS) is 10.7. The third kappa shape index (κ3) is 4.30. The van der Waals surface area contributed by atoms with E-state index in [0.29, 0.717) is 35.0 Å². The number of benzene rings is 2. The number of carbonyl (C=O) groups excluding carboxylic acids is 1. The van der Waals surface area contributed by atoms with Crippen molar-refractivity contribution in [1.82, 2.24) is 0 Å². The summed E-state index contributed by atoms with van der Waals surface area (Å²) in [6, 6.07) is 15.0. The molecule has 0 fully saturated rings. The summed E-state index contributed by atoms with van der Waals surface area (Å²) in [5, 5.41) is 16.0. The van der Waals surface area contributed by atoms with Gasteiger partial charge in [-0.15, -0.1) is 0 Å². The highest BCUT2D eigenvalue weighted by atomic mass is 16.5. The topological polar surface area (TPSA) is 65.3 Å². The van der Waals surface area contributed by atoms with E-state index in [2.05, 4.69) is 5.32 Å². The van der Waals surface area contributed by atoms with Crippen LogP contribution < -0.4 is 14.8 Å². The largest absolute Gasteiger partial charge is 0.618 e. The van der Waals surface area contributed by atoms with Gasteiger partial charge in [0.05, 0.1) is 6.61 Å². The lowest BCUT2D eigenvalue weighted by atomic mass is 10.0. The second kappa shape index (κ2) is 8.99. The van der Waals surface area contributed by atoms with Crippen LogP contribution in [0.15, 0.2) is 48.5 Å². The maximum Gasteiger partial charge on any atom is 0.266 e. The molecule has 0 atom stereocenters. The van der Waals surface area contributed by atoms with Gasteiger partial charge in [0, 0.05) is 24.2 Å². The van der Waals surface area contributed by atoms with Crippen LogP contribution in [0.3, 0.4) is 0 Å². The molecule has 30 heavy (non-hydrogen) atoms. The van der Waals surface area contributed by atoms with E-state index in [1.165, 1.54) is 0 Å². The summed E-state index contributed by atoms with van der Waals surface area (Å²) in [5.41, 5.74) is 5.55. The molecule has 5 heteroatoms. The standard InChI is InChI=1S/C25H28N2O3/c1-6-14-30-22-15-18(4)27(29)24(20-12-10-16(2)11-13-20)23(22)25(28)26-21-9-7-8-17(3)19(21)5/h7-13,15H,6,14H2,1-5H3,(H,26,28). The highest BCUT2D eigenvalue weighted by Gasteiger charge is 2.29. The van der Waals surface area contributed by atoms with Gasteiger partial charge in [0.25, 0.3) is 5.91 Å². The molecule has 0 aliphatic heterocycles. The average Bonchev–Trinajstić information content (AvgIpc) is 2.72. The molecule has 0 unspecified atom stereocenters. The van der Waals surface area contributed by atoms with Crippen molar-refractivity contribution in [3.05, 3.63) is 81.7 Å². The highest BCUT2D eigenvalue weighted by molar-refractivity contribution is 6.10. The fourth-order valence-corrected chi connectivity index (χ4v) is 3.30. The monoisotopic (exact) mass is 404 g/mol. The molecule has 0 saturated heterocycles. The third-order valence-corrected chi connectivity index (χ3v) is 5.21. The second-order valence-corrected chi connectivity index (χ2v) is 7.58. The van der Waals surface area contributed by atoms with Crippen LogP contribution >= 0.6 is 0 Å². The lowest BCUT2D eigenvalue weighted by Crippen LogP contribution is -2.36. The molecule has 3 aromatic rings. The summed E-state index contributed by atoms with van der Waals surface area (Å²) >= 11 is 0. The zero-order valence-electron chi connectivity index (χ0n) is 18.2. The molecule has 2 aromatic carbocycles. The van der Waals surface area contributed by atoms with Crippen LogP contribution in [0.1, 0.15) is 46.1 Å². The van der Waals surface area contributed by atoms with Gasteiger partial charge >= 0.3 is 0 Å². The van der Waals surface area contributed by atoms with E-state index in [0.717, 1.165) is 27.8 Å². The Labute approximate surface area is 177 Å². The van der Waals surface area contributed by atoms with Crippen LogP contribution in [-0.2, 0) is 0 Å². The summed E-state index contributed by atoms with van der Waals surface area (Å²) in [6.45, 7) is 10.1. The molecule has 0 bridgehead atoms. The first-order valence-corrected chi connectivity index (χ1v) is 10.2. The van der Waals surface area contributed by atoms with E-state index in [-0.39, 0.29) is 11.5 Å². The summed E-state index contributed by atoms with van der Waals surface area (Å²) < 4.78 is 6.71. The molecule has 156 valence electrons. The number of amides is 1. The molecule has 0 aliphatic carbocycles. The van der Waals surface area contributed by atoms with Crippen molar-refractivity contribution in [1.29, 1.82) is 0 Å². The Kier molecular flexibility index (Phi) is 6.40. The minimum absolute atomic E-state index is 0.244. The second-order valence-electron chi connectivity index (χ2n) is 7.58. The van der Waals surface area contributed by atoms with E-state index in [1.54, 1.807) is 13.0 Å². The van der Waals surface area contributed by atoms with E-state index >= 15 is 0 Å². The number of anilines is 1. The lowest BCUT2D eigenvalue weighted by molar-refractivity contribution is -0.600. The minimum Gasteiger partial charge on any atom is -0.618 e. The van der Waals surface area contributed by atoms with Gasteiger partial charge in [-0.05, 0) is 56.5 Å². The summed E-state index contributed by atoms with van der Waals surface area (Å²) in [4.78, 5) is 13.4. The van der Waals surface area contributed by atoms with Crippen LogP contribution in [0.4, 0.5) is 5.69 Å². The molecular weight excluding hydrogens is 376 g/mol. The average molecular weight is 405 g/mol. The first-order chi connectivity index (χ1) is 14.3. The Morgan fingerprint density at radius 2 is 1.77 bits per heavy atom. The van der Waals surface area contributed by atoms with Crippen molar-refractivity contribution < 1.29 is 14.3 Å². The van der Waals surface area contributed by atoms with Gasteiger partial charge in [-0.2, -0.15) is 4.73 Å². The quantitative estimate of drug-likeness (QED) is 0.450. The predicted octanol–water partition coefficient (Wildman–Crippen LogP) is 5.26. The zero-order chi connectivity index (χ0) is 21.8. The molecule has 3 rings (SSSR count). The third-order valence-electron chi connectivity index (χ3n) is 5.21. The smallest absolute Gasteiger partial charge is 0.266 e. The SMILES string of the molecule is CCCOc1cc(C)[n+]([O-])c(-c2ccc(C)cc2)c1C(=O)Nc1cccc(C)c1C. The van der Waals surface area contributed by atoms with Crippen molar-refractivity contribution in [2.75, 3.05) is 11.9 Å². The molecule has 0 saturated carbocycles. The highest BCUT2D eigenvalue weighted by Crippen LogP contribution is 2.31. The lowest BCUT2D eigenvalue weighted by Gasteiger charge is -2.18. The summed E-state index contributed by atoms with van der Waals surface area (Å²) in [7, 11) is 0. The molecule has 1 amide bonds. The molecule has 0 spiro atoms. The van der Waals surface area contributed by atoms with Crippen LogP contribution in [0.5, 0.6) is 5.75 Å². The van der Waals surface area contributed by atoms with Crippen molar-refractivity contribution in [2.45, 2.75) is 41.0 Å². The van der Waals surface area contributed by atoms with Gasteiger partial charge in [0.15, 0.2) is 11.3 Å². The number of ether oxygens (including phenoxy) is 1. The van der Waals surface area contributed by atoms with Crippen LogP contribution in [0.25, 0.3) is 11.3 Å². The number of nitrogens with zero attached hydrogens (tertiary/aromatic N) is 1. The van der Waals surface area contributed by atoms with Gasteiger partial charge < -0.3 is 15.3 Å². The van der Waals surface area contributed by atoms with Crippen LogP contribution in [-0.4, -0.2) is 12.5 Å². The van der Waals surface area contributed by atoms with E-state index in [9.17, 15) is 10.0 Å². The molecule has 1 aromatic heterocycles. The first-order valence-electron chi connectivity index (χ1n) is 10.2. The molecule has 0 aliphatic rings. The van der Waals surface area contributed by atoms with E-state index in [1.807, 2.05) is 70.2 Å². The minimum atomic E-state index is -0.366. The molecule has 0 radical (unpaired) electrons. The van der Waals surface area contributed by atoms with Crippen molar-refractivity contribution in [3.8, 4) is 17.0 Å². The number of aryl methyl sites for hydroxylation is 3. The maximum atomic E-state index is 13.4. The van der Waals surface area contributed by atoms with Gasteiger partial charge in [0.1, 0.15) is 5.75 Å². The first kappa shape index (κ1) is 21.4. The van der Waals surface area contributed by atoms with Crippen molar-refractivity contribution in [2.24, 2.45) is 0 Å². The Morgan fingerprint density at radius 3 is 2.43 bits per heavy atom. The number of pyridine rings is 1. The zero-order valence-corrected chi connectivity index (χ0v) is 18.2. The Balaban J connectivity index is 2.18.